The number of hydrogen-bond donors (Lipinski definition) is 1. The van der Waals surface area contributed by atoms with Crippen molar-refractivity contribution in [3.05, 3.63) is 22.1 Å². The van der Waals surface area contributed by atoms with E-state index in [1.165, 1.54) is 31.1 Å². The number of rotatable bonds is 5. The van der Waals surface area contributed by atoms with Crippen molar-refractivity contribution < 1.29 is 14.3 Å². The van der Waals surface area contributed by atoms with Gasteiger partial charge in [0.2, 0.25) is 5.82 Å². The summed E-state index contributed by atoms with van der Waals surface area (Å²) < 4.78 is 11.9. The molecule has 1 atom stereocenters. The summed E-state index contributed by atoms with van der Waals surface area (Å²) in [6, 6.07) is 0. The van der Waals surface area contributed by atoms with Crippen molar-refractivity contribution in [1.29, 1.82) is 0 Å². The molecular weight excluding hydrogens is 366 g/mol. The summed E-state index contributed by atoms with van der Waals surface area (Å²) in [7, 11) is 3.05. The Balaban J connectivity index is 1.75. The molecule has 0 saturated heterocycles. The van der Waals surface area contributed by atoms with Gasteiger partial charge in [-0.2, -0.15) is 4.52 Å². The van der Waals surface area contributed by atoms with Gasteiger partial charge in [-0.1, -0.05) is 6.92 Å². The van der Waals surface area contributed by atoms with E-state index < -0.39 is 6.29 Å². The quantitative estimate of drug-likeness (QED) is 0.672. The van der Waals surface area contributed by atoms with Crippen molar-refractivity contribution in [1.82, 2.24) is 24.9 Å². The number of aryl methyl sites for hydroxylation is 2. The first-order chi connectivity index (χ1) is 13.0. The normalized spacial score (nSPS) is 17.0. The van der Waals surface area contributed by atoms with Crippen LogP contribution in [0.1, 0.15) is 40.2 Å². The molecule has 0 saturated carbocycles. The molecule has 0 aromatic carbocycles. The van der Waals surface area contributed by atoms with Crippen molar-refractivity contribution in [2.75, 3.05) is 20.8 Å². The first-order valence-electron chi connectivity index (χ1n) is 9.03. The maximum Gasteiger partial charge on any atom is 0.291 e. The smallest absolute Gasteiger partial charge is 0.291 e. The molecule has 3 heterocycles. The predicted molar refractivity (Wildman–Crippen MR) is 102 cm³/mol. The van der Waals surface area contributed by atoms with Gasteiger partial charge in [-0.15, -0.1) is 16.4 Å². The molecule has 0 unspecified atom stereocenters. The highest BCUT2D eigenvalue weighted by molar-refractivity contribution is 7.19. The fraction of sp³-hybridized carbons (Fsp3) is 0.556. The molecule has 1 aliphatic rings. The number of nitrogens with one attached hydrogen (secondary N) is 1. The Morgan fingerprint density at radius 3 is 2.89 bits per heavy atom. The van der Waals surface area contributed by atoms with Crippen molar-refractivity contribution in [2.24, 2.45) is 5.92 Å². The van der Waals surface area contributed by atoms with Crippen molar-refractivity contribution in [3.63, 3.8) is 0 Å². The Morgan fingerprint density at radius 2 is 2.15 bits per heavy atom. The molecule has 0 bridgehead atoms. The van der Waals surface area contributed by atoms with E-state index in [1.807, 2.05) is 6.92 Å². The Morgan fingerprint density at radius 1 is 1.37 bits per heavy atom. The van der Waals surface area contributed by atoms with Crippen molar-refractivity contribution >= 4 is 33.1 Å². The minimum absolute atomic E-state index is 0.127. The zero-order valence-corrected chi connectivity index (χ0v) is 16.7. The van der Waals surface area contributed by atoms with Gasteiger partial charge in [0, 0.05) is 19.1 Å². The zero-order chi connectivity index (χ0) is 19.1. The van der Waals surface area contributed by atoms with Crippen molar-refractivity contribution in [2.45, 2.75) is 39.4 Å². The van der Waals surface area contributed by atoms with Crippen molar-refractivity contribution in [3.8, 4) is 0 Å². The molecule has 3 aromatic heterocycles. The Labute approximate surface area is 160 Å². The average molecular weight is 389 g/mol. The topological polar surface area (TPSA) is 90.6 Å². The van der Waals surface area contributed by atoms with Gasteiger partial charge in [0.05, 0.1) is 11.9 Å². The van der Waals surface area contributed by atoms with Crippen LogP contribution in [0, 0.1) is 12.8 Å². The molecule has 27 heavy (non-hydrogen) atoms. The summed E-state index contributed by atoms with van der Waals surface area (Å²) in [6.45, 7) is 4.38. The number of amides is 1. The van der Waals surface area contributed by atoms with Gasteiger partial charge in [0.25, 0.3) is 5.91 Å². The molecule has 9 heteroatoms. The molecule has 0 aliphatic heterocycles. The first-order valence-corrected chi connectivity index (χ1v) is 9.84. The van der Waals surface area contributed by atoms with Gasteiger partial charge >= 0.3 is 0 Å². The van der Waals surface area contributed by atoms with Crippen LogP contribution in [0.25, 0.3) is 15.9 Å². The van der Waals surface area contributed by atoms with E-state index in [1.54, 1.807) is 15.9 Å². The second-order valence-corrected chi connectivity index (χ2v) is 8.06. The SMILES string of the molecule is COC(CNC(=O)c1nc2c3c4c(sc3nc(C)n2n1)CC[C@@H](C)C4)OC. The number of ether oxygens (including phenoxy) is 2. The summed E-state index contributed by atoms with van der Waals surface area (Å²) in [5, 5.41) is 8.19. The lowest BCUT2D eigenvalue weighted by atomic mass is 9.89. The summed E-state index contributed by atoms with van der Waals surface area (Å²) >= 11 is 1.74. The molecular formula is C18H23N5O3S. The Bertz CT molecular complexity index is 1010. The molecule has 0 radical (unpaired) electrons. The molecule has 1 amide bonds. The fourth-order valence-corrected chi connectivity index (χ4v) is 4.82. The highest BCUT2D eigenvalue weighted by Gasteiger charge is 2.25. The minimum Gasteiger partial charge on any atom is -0.354 e. The van der Waals surface area contributed by atoms with Crippen LogP contribution in [0.2, 0.25) is 0 Å². The molecule has 4 rings (SSSR count). The molecule has 1 aliphatic carbocycles. The fourth-order valence-electron chi connectivity index (χ4n) is 3.56. The summed E-state index contributed by atoms with van der Waals surface area (Å²) in [5.74, 6) is 1.13. The van der Waals surface area contributed by atoms with E-state index in [0.717, 1.165) is 28.9 Å². The lowest BCUT2D eigenvalue weighted by Gasteiger charge is -2.17. The van der Waals surface area contributed by atoms with Gasteiger partial charge < -0.3 is 14.8 Å². The van der Waals surface area contributed by atoms with Gasteiger partial charge in [-0.3, -0.25) is 4.79 Å². The van der Waals surface area contributed by atoms with E-state index in [2.05, 4.69) is 22.3 Å². The summed E-state index contributed by atoms with van der Waals surface area (Å²) in [6.07, 6.45) is 2.80. The second kappa shape index (κ2) is 7.14. The second-order valence-electron chi connectivity index (χ2n) is 6.97. The van der Waals surface area contributed by atoms with Crippen LogP contribution in [0.3, 0.4) is 0 Å². The summed E-state index contributed by atoms with van der Waals surface area (Å²) in [5.41, 5.74) is 2.04. The number of thiophene rings is 1. The number of nitrogens with zero attached hydrogens (tertiary/aromatic N) is 4. The van der Waals surface area contributed by atoms with Gasteiger partial charge in [-0.25, -0.2) is 9.97 Å². The molecule has 0 spiro atoms. The van der Waals surface area contributed by atoms with E-state index in [-0.39, 0.29) is 18.3 Å². The highest BCUT2D eigenvalue weighted by Crippen LogP contribution is 2.38. The molecule has 3 aromatic rings. The largest absolute Gasteiger partial charge is 0.354 e. The van der Waals surface area contributed by atoms with Crippen LogP contribution in [-0.2, 0) is 22.3 Å². The predicted octanol–water partition coefficient (Wildman–Crippen LogP) is 2.12. The third-order valence-electron chi connectivity index (χ3n) is 5.05. The number of fused-ring (bicyclic) bond motifs is 5. The van der Waals surface area contributed by atoms with Crippen LogP contribution in [0.15, 0.2) is 0 Å². The van der Waals surface area contributed by atoms with Gasteiger partial charge in [-0.05, 0) is 37.7 Å². The van der Waals surface area contributed by atoms with E-state index in [0.29, 0.717) is 11.6 Å². The number of carbonyl (C=O) groups is 1. The Hall–Kier alpha value is -2.10. The van der Waals surface area contributed by atoms with E-state index in [9.17, 15) is 4.79 Å². The number of hydrogen-bond acceptors (Lipinski definition) is 7. The molecule has 144 valence electrons. The highest BCUT2D eigenvalue weighted by atomic mass is 32.1. The minimum atomic E-state index is -0.508. The van der Waals surface area contributed by atoms with Crippen LogP contribution >= 0.6 is 11.3 Å². The number of methoxy groups -OCH3 is 2. The first kappa shape index (κ1) is 18.3. The summed E-state index contributed by atoms with van der Waals surface area (Å²) in [4.78, 5) is 24.1. The van der Waals surface area contributed by atoms with Crippen LogP contribution < -0.4 is 5.32 Å². The lowest BCUT2D eigenvalue weighted by molar-refractivity contribution is -0.0974. The molecule has 1 N–H and O–H groups in total. The van der Waals surface area contributed by atoms with Crippen LogP contribution in [0.5, 0.6) is 0 Å². The van der Waals surface area contributed by atoms with E-state index >= 15 is 0 Å². The monoisotopic (exact) mass is 389 g/mol. The standard InChI is InChI=1S/C18H23N5O3S/c1-9-5-6-12-11(7-9)14-16-21-15(17(24)19-8-13(25-3)26-4)22-23(16)10(2)20-18(14)27-12/h9,13H,5-8H2,1-4H3,(H,19,24)/t9-/m1/s1. The van der Waals surface area contributed by atoms with Crippen LogP contribution in [-0.4, -0.2) is 52.5 Å². The van der Waals surface area contributed by atoms with Gasteiger partial charge in [0.15, 0.2) is 11.9 Å². The van der Waals surface area contributed by atoms with Crippen LogP contribution in [0.4, 0.5) is 0 Å². The average Bonchev–Trinajstić information content (AvgIpc) is 3.24. The maximum absolute atomic E-state index is 12.5. The lowest BCUT2D eigenvalue weighted by Crippen LogP contribution is -2.34. The third kappa shape index (κ3) is 3.19. The Kier molecular flexibility index (Phi) is 4.83. The van der Waals surface area contributed by atoms with E-state index in [4.69, 9.17) is 14.5 Å². The maximum atomic E-state index is 12.5. The molecule has 8 nitrogen and oxygen atoms in total. The zero-order valence-electron chi connectivity index (χ0n) is 15.9. The number of carbonyl (C=O) groups excluding carboxylic acids is 1. The van der Waals surface area contributed by atoms with Gasteiger partial charge in [0.1, 0.15) is 10.7 Å². The number of aromatic nitrogens is 4. The molecule has 0 fully saturated rings. The third-order valence-corrected chi connectivity index (χ3v) is 6.23.